The van der Waals surface area contributed by atoms with Crippen molar-refractivity contribution in [2.75, 3.05) is 15.9 Å². The second-order valence-corrected chi connectivity index (χ2v) is 8.97. The number of carbonyl (C=O) groups excluding carboxylic acids is 1. The number of halogens is 1. The number of anilines is 2. The minimum atomic E-state index is -3.71. The number of hydrogen-bond acceptors (Lipinski definition) is 3. The molecule has 1 amide bonds. The summed E-state index contributed by atoms with van der Waals surface area (Å²) in [6.45, 7) is 7.38. The Kier molecular flexibility index (Phi) is 6.54. The van der Waals surface area contributed by atoms with Gasteiger partial charge >= 0.3 is 0 Å². The number of nitrogens with zero attached hydrogens (tertiary/aromatic N) is 1. The molecule has 0 unspecified atom stereocenters. The summed E-state index contributed by atoms with van der Waals surface area (Å²) in [4.78, 5) is 13.1. The molecular weight excluding hydrogens is 384 g/mol. The molecule has 0 saturated heterocycles. The highest BCUT2D eigenvalue weighted by atomic mass is 35.5. The number of aryl methyl sites for hydroxylation is 3. The van der Waals surface area contributed by atoms with Crippen LogP contribution < -0.4 is 9.62 Å². The molecule has 0 radical (unpaired) electrons. The van der Waals surface area contributed by atoms with Gasteiger partial charge in [0.05, 0.1) is 11.9 Å². The standard InChI is InChI=1S/C20H25ClN2O3S/c1-6-17(20(24)22-19-14(3)8-7-9-15(19)4)23(27(5,25)26)18-12-16(21)11-10-13(18)2/h7-12,17H,6H2,1-5H3,(H,22,24)/t17-/m0/s1. The Labute approximate surface area is 166 Å². The number of sulfonamides is 1. The van der Waals surface area contributed by atoms with Gasteiger partial charge in [-0.05, 0) is 56.0 Å². The summed E-state index contributed by atoms with van der Waals surface area (Å²) in [7, 11) is -3.71. The zero-order valence-electron chi connectivity index (χ0n) is 16.2. The molecule has 7 heteroatoms. The molecule has 2 rings (SSSR count). The number of amides is 1. The molecule has 146 valence electrons. The molecular formula is C20H25ClN2O3S. The summed E-state index contributed by atoms with van der Waals surface area (Å²) in [5.41, 5.74) is 3.68. The van der Waals surface area contributed by atoms with E-state index in [0.717, 1.165) is 27.3 Å². The van der Waals surface area contributed by atoms with Gasteiger partial charge in [0.15, 0.2) is 0 Å². The number of nitrogens with one attached hydrogen (secondary N) is 1. The molecule has 0 aliphatic rings. The van der Waals surface area contributed by atoms with Crippen molar-refractivity contribution in [1.29, 1.82) is 0 Å². The first kappa shape index (κ1) is 21.3. The summed E-state index contributed by atoms with van der Waals surface area (Å²) < 4.78 is 26.3. The molecule has 1 atom stereocenters. The number of rotatable bonds is 6. The predicted octanol–water partition coefficient (Wildman–Crippen LogP) is 4.45. The fourth-order valence-electron chi connectivity index (χ4n) is 3.07. The topological polar surface area (TPSA) is 66.5 Å². The monoisotopic (exact) mass is 408 g/mol. The number of carbonyl (C=O) groups is 1. The van der Waals surface area contributed by atoms with Gasteiger partial charge in [-0.25, -0.2) is 8.42 Å². The van der Waals surface area contributed by atoms with Crippen LogP contribution in [-0.4, -0.2) is 26.6 Å². The Morgan fingerprint density at radius 1 is 1.11 bits per heavy atom. The first-order valence-electron chi connectivity index (χ1n) is 8.69. The highest BCUT2D eigenvalue weighted by Gasteiger charge is 2.32. The van der Waals surface area contributed by atoms with Crippen molar-refractivity contribution in [3.63, 3.8) is 0 Å². The third-order valence-electron chi connectivity index (χ3n) is 4.47. The number of para-hydroxylation sites is 1. The molecule has 0 aliphatic carbocycles. The van der Waals surface area contributed by atoms with E-state index < -0.39 is 16.1 Å². The van der Waals surface area contributed by atoms with E-state index in [1.54, 1.807) is 32.0 Å². The Morgan fingerprint density at radius 2 is 1.70 bits per heavy atom. The van der Waals surface area contributed by atoms with Crippen LogP contribution in [0, 0.1) is 20.8 Å². The van der Waals surface area contributed by atoms with Crippen LogP contribution in [0.5, 0.6) is 0 Å². The lowest BCUT2D eigenvalue weighted by Gasteiger charge is -2.31. The van der Waals surface area contributed by atoms with E-state index in [1.807, 2.05) is 32.0 Å². The summed E-state index contributed by atoms with van der Waals surface area (Å²) in [5, 5.41) is 3.32. The van der Waals surface area contributed by atoms with Crippen molar-refractivity contribution in [1.82, 2.24) is 0 Å². The zero-order valence-corrected chi connectivity index (χ0v) is 17.8. The predicted molar refractivity (Wildman–Crippen MR) is 112 cm³/mol. The van der Waals surface area contributed by atoms with E-state index in [4.69, 9.17) is 11.6 Å². The van der Waals surface area contributed by atoms with Crippen LogP contribution in [0.15, 0.2) is 36.4 Å². The van der Waals surface area contributed by atoms with Crippen molar-refractivity contribution in [2.24, 2.45) is 0 Å². The second-order valence-electron chi connectivity index (χ2n) is 6.67. The molecule has 27 heavy (non-hydrogen) atoms. The van der Waals surface area contributed by atoms with Gasteiger partial charge in [-0.1, -0.05) is 42.8 Å². The third-order valence-corrected chi connectivity index (χ3v) is 5.87. The molecule has 5 nitrogen and oxygen atoms in total. The van der Waals surface area contributed by atoms with Crippen LogP contribution in [0.4, 0.5) is 11.4 Å². The largest absolute Gasteiger partial charge is 0.324 e. The minimum Gasteiger partial charge on any atom is -0.324 e. The summed E-state index contributed by atoms with van der Waals surface area (Å²) >= 11 is 6.09. The maximum absolute atomic E-state index is 13.1. The van der Waals surface area contributed by atoms with E-state index in [2.05, 4.69) is 5.32 Å². The molecule has 0 fully saturated rings. The van der Waals surface area contributed by atoms with Crippen LogP contribution in [0.3, 0.4) is 0 Å². The molecule has 0 saturated carbocycles. The molecule has 2 aromatic carbocycles. The highest BCUT2D eigenvalue weighted by molar-refractivity contribution is 7.92. The number of hydrogen-bond donors (Lipinski definition) is 1. The van der Waals surface area contributed by atoms with Crippen LogP contribution in [0.2, 0.25) is 5.02 Å². The average molecular weight is 409 g/mol. The fraction of sp³-hybridized carbons (Fsp3) is 0.350. The van der Waals surface area contributed by atoms with Gasteiger partial charge in [-0.15, -0.1) is 0 Å². The van der Waals surface area contributed by atoms with E-state index in [9.17, 15) is 13.2 Å². The summed E-state index contributed by atoms with van der Waals surface area (Å²) in [6.07, 6.45) is 1.41. The first-order chi connectivity index (χ1) is 12.6. The Morgan fingerprint density at radius 3 is 2.22 bits per heavy atom. The molecule has 2 aromatic rings. The van der Waals surface area contributed by atoms with Crippen molar-refractivity contribution in [2.45, 2.75) is 40.2 Å². The van der Waals surface area contributed by atoms with Crippen molar-refractivity contribution in [3.05, 3.63) is 58.1 Å². The van der Waals surface area contributed by atoms with E-state index >= 15 is 0 Å². The van der Waals surface area contributed by atoms with Crippen LogP contribution >= 0.6 is 11.6 Å². The molecule has 0 aliphatic heterocycles. The smallest absolute Gasteiger partial charge is 0.248 e. The van der Waals surface area contributed by atoms with Gasteiger partial charge in [-0.2, -0.15) is 0 Å². The van der Waals surface area contributed by atoms with Gasteiger partial charge in [0.2, 0.25) is 15.9 Å². The molecule has 0 spiro atoms. The Balaban J connectivity index is 2.50. The normalized spacial score (nSPS) is 12.5. The molecule has 0 aromatic heterocycles. The van der Waals surface area contributed by atoms with Crippen LogP contribution in [-0.2, 0) is 14.8 Å². The maximum atomic E-state index is 13.1. The maximum Gasteiger partial charge on any atom is 0.248 e. The van der Waals surface area contributed by atoms with Crippen LogP contribution in [0.1, 0.15) is 30.0 Å². The van der Waals surface area contributed by atoms with Gasteiger partial charge in [0, 0.05) is 10.7 Å². The lowest BCUT2D eigenvalue weighted by Crippen LogP contribution is -2.47. The summed E-state index contributed by atoms with van der Waals surface area (Å²) in [5.74, 6) is -0.375. The van der Waals surface area contributed by atoms with Crippen LogP contribution in [0.25, 0.3) is 0 Å². The minimum absolute atomic E-state index is 0.315. The Hall–Kier alpha value is -2.05. The lowest BCUT2D eigenvalue weighted by molar-refractivity contribution is -0.117. The van der Waals surface area contributed by atoms with Gasteiger partial charge in [-0.3, -0.25) is 9.10 Å². The Bertz CT molecular complexity index is 937. The zero-order chi connectivity index (χ0) is 20.4. The van der Waals surface area contributed by atoms with Crippen molar-refractivity contribution in [3.8, 4) is 0 Å². The fourth-order valence-corrected chi connectivity index (χ4v) is 4.50. The molecule has 1 N–H and O–H groups in total. The number of benzene rings is 2. The van der Waals surface area contributed by atoms with Gasteiger partial charge < -0.3 is 5.32 Å². The van der Waals surface area contributed by atoms with E-state index in [1.165, 1.54) is 0 Å². The van der Waals surface area contributed by atoms with Gasteiger partial charge in [0.25, 0.3) is 0 Å². The quantitative estimate of drug-likeness (QED) is 0.767. The average Bonchev–Trinajstić information content (AvgIpc) is 2.57. The second kappa shape index (κ2) is 8.31. The molecule has 0 heterocycles. The first-order valence-corrected chi connectivity index (χ1v) is 10.9. The lowest BCUT2D eigenvalue weighted by atomic mass is 10.1. The van der Waals surface area contributed by atoms with Crippen molar-refractivity contribution < 1.29 is 13.2 Å². The van der Waals surface area contributed by atoms with Gasteiger partial charge in [0.1, 0.15) is 6.04 Å². The third kappa shape index (κ3) is 4.82. The van der Waals surface area contributed by atoms with E-state index in [-0.39, 0.29) is 5.91 Å². The summed E-state index contributed by atoms with van der Waals surface area (Å²) in [6, 6.07) is 9.83. The highest BCUT2D eigenvalue weighted by Crippen LogP contribution is 2.30. The van der Waals surface area contributed by atoms with E-state index in [0.29, 0.717) is 22.8 Å². The van der Waals surface area contributed by atoms with Crippen molar-refractivity contribution >= 4 is 38.9 Å². The SMILES string of the molecule is CC[C@@H](C(=O)Nc1c(C)cccc1C)N(c1cc(Cl)ccc1C)S(C)(=O)=O. The molecule has 0 bridgehead atoms.